The third kappa shape index (κ3) is 3.28. The number of nitrogens with one attached hydrogen (secondary N) is 1. The molecule has 0 bridgehead atoms. The SMILES string of the molecule is Cc1cc(N2CCOCC2)cc(F)c1C(=O)NC(C)C. The molecule has 1 N–H and O–H groups in total. The van der Waals surface area contributed by atoms with Crippen molar-refractivity contribution in [2.45, 2.75) is 26.8 Å². The maximum atomic E-state index is 14.2. The zero-order chi connectivity index (χ0) is 14.7. The zero-order valence-electron chi connectivity index (χ0n) is 12.2. The van der Waals surface area contributed by atoms with E-state index < -0.39 is 5.82 Å². The number of benzene rings is 1. The van der Waals surface area contributed by atoms with Gasteiger partial charge in [0, 0.05) is 24.8 Å². The molecule has 0 atom stereocenters. The fraction of sp³-hybridized carbons (Fsp3) is 0.533. The molecule has 0 saturated carbocycles. The highest BCUT2D eigenvalue weighted by atomic mass is 19.1. The molecule has 20 heavy (non-hydrogen) atoms. The number of nitrogens with zero attached hydrogens (tertiary/aromatic N) is 1. The highest BCUT2D eigenvalue weighted by Crippen LogP contribution is 2.23. The van der Waals surface area contributed by atoms with Crippen LogP contribution in [0.25, 0.3) is 0 Å². The fourth-order valence-corrected chi connectivity index (χ4v) is 2.35. The summed E-state index contributed by atoms with van der Waals surface area (Å²) in [5.41, 5.74) is 1.60. The predicted octanol–water partition coefficient (Wildman–Crippen LogP) is 2.11. The predicted molar refractivity (Wildman–Crippen MR) is 76.8 cm³/mol. The van der Waals surface area contributed by atoms with Crippen molar-refractivity contribution in [2.24, 2.45) is 0 Å². The number of hydrogen-bond acceptors (Lipinski definition) is 3. The van der Waals surface area contributed by atoms with Crippen molar-refractivity contribution in [3.05, 3.63) is 29.1 Å². The zero-order valence-corrected chi connectivity index (χ0v) is 12.2. The van der Waals surface area contributed by atoms with Gasteiger partial charge in [-0.05, 0) is 38.5 Å². The number of anilines is 1. The number of carbonyl (C=O) groups excluding carboxylic acids is 1. The van der Waals surface area contributed by atoms with Crippen LogP contribution < -0.4 is 10.2 Å². The van der Waals surface area contributed by atoms with Crippen LogP contribution in [0.5, 0.6) is 0 Å². The van der Waals surface area contributed by atoms with E-state index in [1.165, 1.54) is 6.07 Å². The number of hydrogen-bond donors (Lipinski definition) is 1. The minimum Gasteiger partial charge on any atom is -0.378 e. The van der Waals surface area contributed by atoms with Gasteiger partial charge in [-0.15, -0.1) is 0 Å². The second-order valence-electron chi connectivity index (χ2n) is 5.35. The smallest absolute Gasteiger partial charge is 0.254 e. The summed E-state index contributed by atoms with van der Waals surface area (Å²) < 4.78 is 19.5. The fourth-order valence-electron chi connectivity index (χ4n) is 2.35. The molecule has 2 rings (SSSR count). The molecule has 1 fully saturated rings. The van der Waals surface area contributed by atoms with Gasteiger partial charge >= 0.3 is 0 Å². The highest BCUT2D eigenvalue weighted by Gasteiger charge is 2.19. The largest absolute Gasteiger partial charge is 0.378 e. The van der Waals surface area contributed by atoms with Gasteiger partial charge in [-0.1, -0.05) is 0 Å². The van der Waals surface area contributed by atoms with Crippen molar-refractivity contribution in [3.63, 3.8) is 0 Å². The Bertz CT molecular complexity index is 474. The van der Waals surface area contributed by atoms with Gasteiger partial charge in [-0.2, -0.15) is 0 Å². The first-order valence-corrected chi connectivity index (χ1v) is 6.92. The molecule has 1 aliphatic rings. The van der Waals surface area contributed by atoms with Gasteiger partial charge in [0.1, 0.15) is 5.82 Å². The summed E-state index contributed by atoms with van der Waals surface area (Å²) >= 11 is 0. The molecular weight excluding hydrogens is 259 g/mol. The maximum absolute atomic E-state index is 14.2. The van der Waals surface area contributed by atoms with Crippen LogP contribution in [-0.2, 0) is 4.74 Å². The average molecular weight is 280 g/mol. The Kier molecular flexibility index (Phi) is 4.60. The van der Waals surface area contributed by atoms with E-state index in [2.05, 4.69) is 10.2 Å². The molecule has 1 aromatic rings. The summed E-state index contributed by atoms with van der Waals surface area (Å²) in [5, 5.41) is 2.73. The summed E-state index contributed by atoms with van der Waals surface area (Å²) in [6, 6.07) is 3.29. The van der Waals surface area contributed by atoms with Crippen LogP contribution in [0.2, 0.25) is 0 Å². The molecule has 0 aliphatic carbocycles. The number of carbonyl (C=O) groups is 1. The lowest BCUT2D eigenvalue weighted by Crippen LogP contribution is -2.36. The number of halogens is 1. The Morgan fingerprint density at radius 2 is 2.00 bits per heavy atom. The molecule has 5 heteroatoms. The Morgan fingerprint density at radius 3 is 2.55 bits per heavy atom. The monoisotopic (exact) mass is 280 g/mol. The molecule has 1 aliphatic heterocycles. The first-order chi connectivity index (χ1) is 9.49. The topological polar surface area (TPSA) is 41.6 Å². The normalized spacial score (nSPS) is 15.6. The van der Waals surface area contributed by atoms with Crippen LogP contribution in [0.1, 0.15) is 29.8 Å². The summed E-state index contributed by atoms with van der Waals surface area (Å²) in [5.74, 6) is -0.826. The summed E-state index contributed by atoms with van der Waals surface area (Å²) in [6.45, 7) is 8.27. The second kappa shape index (κ2) is 6.22. The quantitative estimate of drug-likeness (QED) is 0.922. The van der Waals surface area contributed by atoms with Crippen LogP contribution in [-0.4, -0.2) is 38.3 Å². The Labute approximate surface area is 118 Å². The van der Waals surface area contributed by atoms with Crippen LogP contribution in [0.3, 0.4) is 0 Å². The average Bonchev–Trinajstić information content (AvgIpc) is 2.38. The third-order valence-corrected chi connectivity index (χ3v) is 3.30. The van der Waals surface area contributed by atoms with Crippen LogP contribution in [0.4, 0.5) is 10.1 Å². The molecule has 1 heterocycles. The van der Waals surface area contributed by atoms with Crippen molar-refractivity contribution in [1.82, 2.24) is 5.32 Å². The number of rotatable bonds is 3. The van der Waals surface area contributed by atoms with Gasteiger partial charge in [-0.25, -0.2) is 4.39 Å². The van der Waals surface area contributed by atoms with Crippen molar-refractivity contribution in [2.75, 3.05) is 31.2 Å². The molecule has 0 unspecified atom stereocenters. The van der Waals surface area contributed by atoms with E-state index >= 15 is 0 Å². The Morgan fingerprint density at radius 1 is 1.35 bits per heavy atom. The van der Waals surface area contributed by atoms with E-state index in [9.17, 15) is 9.18 Å². The van der Waals surface area contributed by atoms with Crippen LogP contribution in [0, 0.1) is 12.7 Å². The second-order valence-corrected chi connectivity index (χ2v) is 5.35. The van der Waals surface area contributed by atoms with E-state index in [0.29, 0.717) is 18.8 Å². The summed E-state index contributed by atoms with van der Waals surface area (Å²) in [7, 11) is 0. The Balaban J connectivity index is 2.26. The molecule has 0 spiro atoms. The van der Waals surface area contributed by atoms with E-state index in [4.69, 9.17) is 4.74 Å². The number of morpholine rings is 1. The first kappa shape index (κ1) is 14.8. The maximum Gasteiger partial charge on any atom is 0.254 e. The van der Waals surface area contributed by atoms with Crippen molar-refractivity contribution < 1.29 is 13.9 Å². The number of aryl methyl sites for hydroxylation is 1. The van der Waals surface area contributed by atoms with E-state index in [-0.39, 0.29) is 17.5 Å². The molecule has 1 saturated heterocycles. The standard InChI is InChI=1S/C15H21FN2O2/c1-10(2)17-15(19)14-11(3)8-12(9-13(14)16)18-4-6-20-7-5-18/h8-10H,4-7H2,1-3H3,(H,17,19). The number of amides is 1. The van der Waals surface area contributed by atoms with E-state index in [1.54, 1.807) is 6.92 Å². The van der Waals surface area contributed by atoms with Crippen molar-refractivity contribution in [3.8, 4) is 0 Å². The van der Waals surface area contributed by atoms with Gasteiger partial charge in [0.2, 0.25) is 0 Å². The lowest BCUT2D eigenvalue weighted by atomic mass is 10.1. The minimum atomic E-state index is -0.468. The summed E-state index contributed by atoms with van der Waals surface area (Å²) in [6.07, 6.45) is 0. The minimum absolute atomic E-state index is 0.0137. The highest BCUT2D eigenvalue weighted by molar-refractivity contribution is 5.96. The van der Waals surface area contributed by atoms with Gasteiger partial charge in [-0.3, -0.25) is 4.79 Å². The van der Waals surface area contributed by atoms with Crippen LogP contribution in [0.15, 0.2) is 12.1 Å². The lowest BCUT2D eigenvalue weighted by molar-refractivity contribution is 0.0938. The molecule has 4 nitrogen and oxygen atoms in total. The molecular formula is C15H21FN2O2. The first-order valence-electron chi connectivity index (χ1n) is 6.92. The lowest BCUT2D eigenvalue weighted by Gasteiger charge is -2.29. The van der Waals surface area contributed by atoms with Gasteiger partial charge < -0.3 is 15.0 Å². The number of ether oxygens (including phenoxy) is 1. The van der Waals surface area contributed by atoms with Crippen molar-refractivity contribution >= 4 is 11.6 Å². The molecule has 1 aromatic carbocycles. The van der Waals surface area contributed by atoms with Gasteiger partial charge in [0.25, 0.3) is 5.91 Å². The van der Waals surface area contributed by atoms with E-state index in [1.807, 2.05) is 19.9 Å². The van der Waals surface area contributed by atoms with E-state index in [0.717, 1.165) is 18.8 Å². The molecule has 110 valence electrons. The Hall–Kier alpha value is -1.62. The summed E-state index contributed by atoms with van der Waals surface area (Å²) in [4.78, 5) is 14.1. The van der Waals surface area contributed by atoms with Gasteiger partial charge in [0.05, 0.1) is 18.8 Å². The molecule has 0 aromatic heterocycles. The molecule has 1 amide bonds. The van der Waals surface area contributed by atoms with Crippen LogP contribution >= 0.6 is 0 Å². The van der Waals surface area contributed by atoms with Gasteiger partial charge in [0.15, 0.2) is 0 Å². The molecule has 0 radical (unpaired) electrons. The third-order valence-electron chi connectivity index (χ3n) is 3.30. The van der Waals surface area contributed by atoms with Crippen molar-refractivity contribution in [1.29, 1.82) is 0 Å².